The van der Waals surface area contributed by atoms with Crippen LogP contribution in [0.5, 0.6) is 5.75 Å². The summed E-state index contributed by atoms with van der Waals surface area (Å²) in [6.07, 6.45) is 0.503. The highest BCUT2D eigenvalue weighted by Crippen LogP contribution is 2.24. The molecule has 0 aliphatic carbocycles. The van der Waals surface area contributed by atoms with E-state index in [0.717, 1.165) is 11.3 Å². The Bertz CT molecular complexity index is 978. The number of nitrogens with one attached hydrogen (secondary N) is 1. The van der Waals surface area contributed by atoms with Crippen LogP contribution in [0.1, 0.15) is 23.9 Å². The van der Waals surface area contributed by atoms with Gasteiger partial charge in [0.05, 0.1) is 30.4 Å². The summed E-state index contributed by atoms with van der Waals surface area (Å²) in [4.78, 5) is 12.3. The molecule has 0 saturated heterocycles. The highest BCUT2D eigenvalue weighted by atomic mass is 32.2. The van der Waals surface area contributed by atoms with Gasteiger partial charge in [-0.2, -0.15) is 5.26 Å². The zero-order valence-corrected chi connectivity index (χ0v) is 16.2. The molecule has 1 atom stereocenters. The summed E-state index contributed by atoms with van der Waals surface area (Å²) in [6.45, 7) is 1.76. The largest absolute Gasteiger partial charge is 0.497 e. The molecule has 1 heterocycles. The van der Waals surface area contributed by atoms with Crippen LogP contribution in [-0.4, -0.2) is 28.5 Å². The second-order valence-electron chi connectivity index (χ2n) is 5.93. The summed E-state index contributed by atoms with van der Waals surface area (Å²) in [7, 11) is 1.62. The zero-order valence-electron chi connectivity index (χ0n) is 15.4. The van der Waals surface area contributed by atoms with Crippen molar-refractivity contribution in [3.8, 4) is 11.8 Å². The molecule has 1 N–H and O–H groups in total. The van der Waals surface area contributed by atoms with Crippen LogP contribution in [0.2, 0.25) is 0 Å². The molecule has 7 nitrogen and oxygen atoms in total. The van der Waals surface area contributed by atoms with E-state index in [1.165, 1.54) is 11.8 Å². The lowest BCUT2D eigenvalue weighted by molar-refractivity contribution is -0.115. The fraction of sp³-hybridized carbons (Fsp3) is 0.200. The molecule has 28 heavy (non-hydrogen) atoms. The Kier molecular flexibility index (Phi) is 6.29. The summed E-state index contributed by atoms with van der Waals surface area (Å²) in [6, 6.07) is 16.3. The first-order valence-electron chi connectivity index (χ1n) is 8.50. The van der Waals surface area contributed by atoms with Crippen LogP contribution in [0.15, 0.2) is 58.2 Å². The van der Waals surface area contributed by atoms with Crippen LogP contribution >= 0.6 is 11.8 Å². The number of thioether (sulfide) groups is 1. The van der Waals surface area contributed by atoms with Crippen molar-refractivity contribution < 1.29 is 13.9 Å². The maximum absolute atomic E-state index is 12.3. The van der Waals surface area contributed by atoms with E-state index in [1.54, 1.807) is 38.3 Å². The molecule has 0 radical (unpaired) electrons. The van der Waals surface area contributed by atoms with Gasteiger partial charge in [-0.15, -0.1) is 10.2 Å². The van der Waals surface area contributed by atoms with Gasteiger partial charge in [0.2, 0.25) is 11.8 Å². The van der Waals surface area contributed by atoms with Crippen molar-refractivity contribution in [3.05, 3.63) is 65.5 Å². The molecule has 1 amide bonds. The van der Waals surface area contributed by atoms with Crippen molar-refractivity contribution in [2.45, 2.75) is 23.8 Å². The fourth-order valence-corrected chi connectivity index (χ4v) is 3.05. The van der Waals surface area contributed by atoms with Crippen LogP contribution in [0, 0.1) is 11.3 Å². The van der Waals surface area contributed by atoms with E-state index in [4.69, 9.17) is 14.4 Å². The Labute approximate surface area is 166 Å². The molecule has 0 spiro atoms. The van der Waals surface area contributed by atoms with Gasteiger partial charge in [-0.1, -0.05) is 23.9 Å². The fourth-order valence-electron chi connectivity index (χ4n) is 2.35. The Hall–Kier alpha value is -3.31. The minimum Gasteiger partial charge on any atom is -0.497 e. The van der Waals surface area contributed by atoms with E-state index in [2.05, 4.69) is 15.5 Å². The number of rotatable bonds is 7. The number of hydrogen-bond donors (Lipinski definition) is 1. The summed E-state index contributed by atoms with van der Waals surface area (Å²) >= 11 is 1.19. The standard InChI is InChI=1S/C20H18N4O3S/c1-13(19(25)22-16-7-3-15(12-21)4-8-16)28-20-24-23-18(27-20)11-14-5-9-17(26-2)10-6-14/h3-10,13H,11H2,1-2H3,(H,22,25)/t13-/m0/s1. The lowest BCUT2D eigenvalue weighted by Crippen LogP contribution is -2.22. The molecule has 0 bridgehead atoms. The number of anilines is 1. The zero-order chi connectivity index (χ0) is 19.9. The normalized spacial score (nSPS) is 11.5. The average Bonchev–Trinajstić information content (AvgIpc) is 3.15. The van der Waals surface area contributed by atoms with E-state index in [-0.39, 0.29) is 5.91 Å². The minimum atomic E-state index is -0.426. The van der Waals surface area contributed by atoms with Crippen LogP contribution in [0.3, 0.4) is 0 Å². The predicted molar refractivity (Wildman–Crippen MR) is 105 cm³/mol. The molecule has 0 unspecified atom stereocenters. The van der Waals surface area contributed by atoms with Crippen molar-refractivity contribution >= 4 is 23.4 Å². The lowest BCUT2D eigenvalue weighted by Gasteiger charge is -2.09. The Morgan fingerprint density at radius 3 is 2.57 bits per heavy atom. The third kappa shape index (κ3) is 5.11. The molecule has 3 aromatic rings. The number of nitriles is 1. The van der Waals surface area contributed by atoms with Crippen molar-refractivity contribution in [1.29, 1.82) is 5.26 Å². The smallest absolute Gasteiger partial charge is 0.277 e. The van der Waals surface area contributed by atoms with Crippen LogP contribution < -0.4 is 10.1 Å². The van der Waals surface area contributed by atoms with E-state index in [1.807, 2.05) is 30.3 Å². The number of aromatic nitrogens is 2. The van der Waals surface area contributed by atoms with Gasteiger partial charge in [0.15, 0.2) is 0 Å². The van der Waals surface area contributed by atoms with Gasteiger partial charge in [0, 0.05) is 5.69 Å². The number of amides is 1. The quantitative estimate of drug-likeness (QED) is 0.610. The van der Waals surface area contributed by atoms with Crippen molar-refractivity contribution in [3.63, 3.8) is 0 Å². The minimum absolute atomic E-state index is 0.190. The second kappa shape index (κ2) is 9.06. The molecule has 0 fully saturated rings. The molecular formula is C20H18N4O3S. The second-order valence-corrected chi connectivity index (χ2v) is 7.22. The molecule has 1 aromatic heterocycles. The van der Waals surface area contributed by atoms with Gasteiger partial charge in [0.1, 0.15) is 5.75 Å². The average molecular weight is 394 g/mol. The first-order chi connectivity index (χ1) is 13.6. The number of nitrogens with zero attached hydrogens (tertiary/aromatic N) is 3. The first-order valence-corrected chi connectivity index (χ1v) is 9.38. The number of hydrogen-bond acceptors (Lipinski definition) is 7. The predicted octanol–water partition coefficient (Wildman–Crippen LogP) is 3.66. The SMILES string of the molecule is COc1ccc(Cc2nnc(S[C@@H](C)C(=O)Nc3ccc(C#N)cc3)o2)cc1. The van der Waals surface area contributed by atoms with E-state index < -0.39 is 5.25 Å². The topological polar surface area (TPSA) is 101 Å². The molecule has 3 rings (SSSR count). The van der Waals surface area contributed by atoms with E-state index >= 15 is 0 Å². The van der Waals surface area contributed by atoms with E-state index in [9.17, 15) is 4.79 Å². The lowest BCUT2D eigenvalue weighted by atomic mass is 10.1. The van der Waals surface area contributed by atoms with Crippen LogP contribution in [0.25, 0.3) is 0 Å². The third-order valence-electron chi connectivity index (χ3n) is 3.89. The first kappa shape index (κ1) is 19.5. The summed E-state index contributed by atoms with van der Waals surface area (Å²) in [5.41, 5.74) is 2.19. The Balaban J connectivity index is 1.55. The summed E-state index contributed by atoms with van der Waals surface area (Å²) in [5.74, 6) is 1.07. The van der Waals surface area contributed by atoms with Gasteiger partial charge in [-0.05, 0) is 48.9 Å². The highest BCUT2D eigenvalue weighted by Gasteiger charge is 2.18. The molecule has 8 heteroatoms. The number of benzene rings is 2. The molecule has 0 aliphatic rings. The summed E-state index contributed by atoms with van der Waals surface area (Å²) < 4.78 is 10.8. The van der Waals surface area contributed by atoms with Crippen molar-refractivity contribution in [2.24, 2.45) is 0 Å². The number of ether oxygens (including phenoxy) is 1. The van der Waals surface area contributed by atoms with Crippen molar-refractivity contribution in [1.82, 2.24) is 10.2 Å². The van der Waals surface area contributed by atoms with Gasteiger partial charge in [-0.25, -0.2) is 0 Å². The molecule has 142 valence electrons. The molecule has 2 aromatic carbocycles. The molecule has 0 aliphatic heterocycles. The van der Waals surface area contributed by atoms with Gasteiger partial charge >= 0.3 is 0 Å². The monoisotopic (exact) mass is 394 g/mol. The maximum Gasteiger partial charge on any atom is 0.277 e. The molecule has 0 saturated carbocycles. The molecular weight excluding hydrogens is 376 g/mol. The number of carbonyl (C=O) groups is 1. The van der Waals surface area contributed by atoms with Crippen molar-refractivity contribution in [2.75, 3.05) is 12.4 Å². The Morgan fingerprint density at radius 1 is 1.21 bits per heavy atom. The van der Waals surface area contributed by atoms with E-state index in [0.29, 0.717) is 28.8 Å². The maximum atomic E-state index is 12.3. The number of methoxy groups -OCH3 is 1. The van der Waals surface area contributed by atoms with Gasteiger partial charge < -0.3 is 14.5 Å². The van der Waals surface area contributed by atoms with Crippen LogP contribution in [0.4, 0.5) is 5.69 Å². The van der Waals surface area contributed by atoms with Gasteiger partial charge in [-0.3, -0.25) is 4.79 Å². The Morgan fingerprint density at radius 2 is 1.93 bits per heavy atom. The van der Waals surface area contributed by atoms with Gasteiger partial charge in [0.25, 0.3) is 5.22 Å². The third-order valence-corrected chi connectivity index (χ3v) is 4.83. The van der Waals surface area contributed by atoms with Crippen LogP contribution in [-0.2, 0) is 11.2 Å². The summed E-state index contributed by atoms with van der Waals surface area (Å²) in [5, 5.41) is 19.6. The highest BCUT2D eigenvalue weighted by molar-refractivity contribution is 8.00. The number of carbonyl (C=O) groups excluding carboxylic acids is 1.